The maximum atomic E-state index is 13.2. The lowest BCUT2D eigenvalue weighted by molar-refractivity contribution is 0.153. The molecule has 0 fully saturated rings. The van der Waals surface area contributed by atoms with E-state index in [1.54, 1.807) is 18.7 Å². The maximum Gasteiger partial charge on any atom is 0.264 e. The molecule has 0 bridgehead atoms. The Morgan fingerprint density at radius 3 is 2.79 bits per heavy atom. The molecule has 0 aromatic carbocycles. The zero-order valence-electron chi connectivity index (χ0n) is 10.4. The van der Waals surface area contributed by atoms with E-state index in [2.05, 4.69) is 10.1 Å². The molecule has 0 aliphatic heterocycles. The molecule has 19 heavy (non-hydrogen) atoms. The summed E-state index contributed by atoms with van der Waals surface area (Å²) in [5.74, 6) is 0. The highest BCUT2D eigenvalue weighted by molar-refractivity contribution is 7.13. The van der Waals surface area contributed by atoms with Crippen molar-refractivity contribution in [3.63, 3.8) is 0 Å². The summed E-state index contributed by atoms with van der Waals surface area (Å²) in [6.45, 7) is 1.72. The third kappa shape index (κ3) is 1.92. The quantitative estimate of drug-likeness (QED) is 0.711. The van der Waals surface area contributed by atoms with Gasteiger partial charge in [-0.05, 0) is 24.4 Å². The lowest BCUT2D eigenvalue weighted by Gasteiger charge is -2.06. The molecule has 0 atom stereocenters. The molecule has 98 valence electrons. The lowest BCUT2D eigenvalue weighted by atomic mass is 10.1. The van der Waals surface area contributed by atoms with Gasteiger partial charge in [-0.15, -0.1) is 11.3 Å². The summed E-state index contributed by atoms with van der Waals surface area (Å²) in [6.07, 6.45) is -2.54. The Kier molecular flexibility index (Phi) is 2.82. The minimum Gasteiger partial charge on any atom is -0.250 e. The summed E-state index contributed by atoms with van der Waals surface area (Å²) in [4.78, 5) is 5.34. The van der Waals surface area contributed by atoms with Crippen LogP contribution in [0.2, 0.25) is 0 Å². The van der Waals surface area contributed by atoms with Crippen LogP contribution in [0.25, 0.3) is 21.6 Å². The molecule has 3 nitrogen and oxygen atoms in total. The zero-order chi connectivity index (χ0) is 13.6. The van der Waals surface area contributed by atoms with E-state index in [1.807, 2.05) is 17.5 Å². The van der Waals surface area contributed by atoms with Gasteiger partial charge in [0.25, 0.3) is 6.43 Å². The van der Waals surface area contributed by atoms with Crippen LogP contribution in [-0.2, 0) is 7.05 Å². The van der Waals surface area contributed by atoms with Gasteiger partial charge in [-0.1, -0.05) is 6.07 Å². The van der Waals surface area contributed by atoms with E-state index in [0.717, 1.165) is 4.88 Å². The second-order valence-electron chi connectivity index (χ2n) is 4.28. The van der Waals surface area contributed by atoms with Gasteiger partial charge < -0.3 is 0 Å². The van der Waals surface area contributed by atoms with Gasteiger partial charge in [0.2, 0.25) is 0 Å². The highest BCUT2D eigenvalue weighted by Gasteiger charge is 2.20. The summed E-state index contributed by atoms with van der Waals surface area (Å²) in [5, 5.41) is 6.54. The molecule has 0 amide bonds. The standard InChI is InChI=1S/C13H11F2N3S/c1-7-11-8(12(14)15)6-9(10-4-3-5-19-10)16-13(11)18(2)17-7/h3-6,12H,1-2H3. The maximum absolute atomic E-state index is 13.2. The Bertz CT molecular complexity index is 732. The normalized spacial score (nSPS) is 11.6. The van der Waals surface area contributed by atoms with E-state index in [-0.39, 0.29) is 5.56 Å². The van der Waals surface area contributed by atoms with Gasteiger partial charge in [-0.3, -0.25) is 4.68 Å². The minimum atomic E-state index is -2.54. The Morgan fingerprint density at radius 2 is 2.16 bits per heavy atom. The topological polar surface area (TPSA) is 30.7 Å². The number of fused-ring (bicyclic) bond motifs is 1. The van der Waals surface area contributed by atoms with Crippen molar-refractivity contribution in [3.8, 4) is 10.6 Å². The number of aryl methyl sites for hydroxylation is 2. The van der Waals surface area contributed by atoms with Gasteiger partial charge in [-0.2, -0.15) is 5.10 Å². The van der Waals surface area contributed by atoms with Crippen LogP contribution < -0.4 is 0 Å². The number of halogens is 2. The average Bonchev–Trinajstić information content (AvgIpc) is 2.98. The molecule has 0 unspecified atom stereocenters. The number of hydrogen-bond donors (Lipinski definition) is 0. The van der Waals surface area contributed by atoms with E-state index >= 15 is 0 Å². The number of rotatable bonds is 2. The first-order chi connectivity index (χ1) is 9.08. The second kappa shape index (κ2) is 4.38. The first-order valence-corrected chi connectivity index (χ1v) is 6.62. The number of hydrogen-bond acceptors (Lipinski definition) is 3. The summed E-state index contributed by atoms with van der Waals surface area (Å²) in [7, 11) is 1.72. The third-order valence-corrected chi connectivity index (χ3v) is 3.90. The Morgan fingerprint density at radius 1 is 1.37 bits per heavy atom. The molecule has 0 aliphatic rings. The van der Waals surface area contributed by atoms with Crippen molar-refractivity contribution >= 4 is 22.4 Å². The largest absolute Gasteiger partial charge is 0.264 e. The first-order valence-electron chi connectivity index (χ1n) is 5.74. The molecule has 3 aromatic rings. The molecule has 0 spiro atoms. The van der Waals surface area contributed by atoms with E-state index in [4.69, 9.17) is 0 Å². The van der Waals surface area contributed by atoms with Gasteiger partial charge in [0.1, 0.15) is 0 Å². The molecule has 0 aliphatic carbocycles. The van der Waals surface area contributed by atoms with Crippen LogP contribution in [0.3, 0.4) is 0 Å². The van der Waals surface area contributed by atoms with Crippen molar-refractivity contribution in [3.05, 3.63) is 34.8 Å². The molecule has 0 radical (unpaired) electrons. The van der Waals surface area contributed by atoms with Gasteiger partial charge >= 0.3 is 0 Å². The lowest BCUT2D eigenvalue weighted by Crippen LogP contribution is -1.95. The SMILES string of the molecule is Cc1nn(C)c2nc(-c3cccs3)cc(C(F)F)c12. The van der Waals surface area contributed by atoms with Gasteiger partial charge in [0.05, 0.1) is 21.7 Å². The van der Waals surface area contributed by atoms with Crippen LogP contribution in [0.4, 0.5) is 8.78 Å². The Labute approximate surface area is 112 Å². The van der Waals surface area contributed by atoms with Gasteiger partial charge in [-0.25, -0.2) is 13.8 Å². The molecule has 0 N–H and O–H groups in total. The molecule has 0 saturated heterocycles. The number of pyridine rings is 1. The van der Waals surface area contributed by atoms with E-state index in [1.165, 1.54) is 17.4 Å². The van der Waals surface area contributed by atoms with Crippen LogP contribution in [0.15, 0.2) is 23.6 Å². The predicted molar refractivity (Wildman–Crippen MR) is 71.5 cm³/mol. The molecule has 3 heterocycles. The molecule has 3 rings (SSSR count). The van der Waals surface area contributed by atoms with E-state index < -0.39 is 6.43 Å². The summed E-state index contributed by atoms with van der Waals surface area (Å²) < 4.78 is 28.0. The van der Waals surface area contributed by atoms with E-state index in [0.29, 0.717) is 22.4 Å². The van der Waals surface area contributed by atoms with E-state index in [9.17, 15) is 8.78 Å². The third-order valence-electron chi connectivity index (χ3n) is 3.01. The highest BCUT2D eigenvalue weighted by atomic mass is 32.1. The fourth-order valence-corrected chi connectivity index (χ4v) is 2.89. The highest BCUT2D eigenvalue weighted by Crippen LogP contribution is 2.33. The van der Waals surface area contributed by atoms with Crippen LogP contribution >= 0.6 is 11.3 Å². The fraction of sp³-hybridized carbons (Fsp3) is 0.231. The molecule has 0 saturated carbocycles. The molecule has 6 heteroatoms. The summed E-state index contributed by atoms with van der Waals surface area (Å²) in [6, 6.07) is 5.22. The smallest absolute Gasteiger partial charge is 0.250 e. The van der Waals surface area contributed by atoms with Crippen LogP contribution in [0.5, 0.6) is 0 Å². The fourth-order valence-electron chi connectivity index (χ4n) is 2.20. The predicted octanol–water partition coefficient (Wildman–Crippen LogP) is 3.94. The number of aromatic nitrogens is 3. The van der Waals surface area contributed by atoms with Crippen LogP contribution in [0.1, 0.15) is 17.7 Å². The minimum absolute atomic E-state index is 0.000926. The number of thiophene rings is 1. The molecule has 3 aromatic heterocycles. The average molecular weight is 279 g/mol. The van der Waals surface area contributed by atoms with Crippen molar-refractivity contribution in [1.82, 2.24) is 14.8 Å². The Hall–Kier alpha value is -1.82. The zero-order valence-corrected chi connectivity index (χ0v) is 11.2. The Balaban J connectivity index is 2.36. The molecular weight excluding hydrogens is 268 g/mol. The number of alkyl halides is 2. The van der Waals surface area contributed by atoms with Crippen molar-refractivity contribution in [1.29, 1.82) is 0 Å². The monoisotopic (exact) mass is 279 g/mol. The summed E-state index contributed by atoms with van der Waals surface area (Å²) in [5.41, 5.74) is 1.65. The first kappa shape index (κ1) is 12.2. The number of nitrogens with zero attached hydrogens (tertiary/aromatic N) is 3. The second-order valence-corrected chi connectivity index (χ2v) is 5.23. The van der Waals surface area contributed by atoms with Crippen molar-refractivity contribution in [2.24, 2.45) is 7.05 Å². The van der Waals surface area contributed by atoms with Crippen molar-refractivity contribution in [2.45, 2.75) is 13.3 Å². The van der Waals surface area contributed by atoms with Crippen molar-refractivity contribution < 1.29 is 8.78 Å². The summed E-state index contributed by atoms with van der Waals surface area (Å²) >= 11 is 1.48. The van der Waals surface area contributed by atoms with Crippen molar-refractivity contribution in [2.75, 3.05) is 0 Å². The van der Waals surface area contributed by atoms with Crippen LogP contribution in [0, 0.1) is 6.92 Å². The molecular formula is C13H11F2N3S. The van der Waals surface area contributed by atoms with Gasteiger partial charge in [0.15, 0.2) is 5.65 Å². The van der Waals surface area contributed by atoms with Gasteiger partial charge in [0, 0.05) is 12.6 Å². The van der Waals surface area contributed by atoms with Crippen LogP contribution in [-0.4, -0.2) is 14.8 Å².